The molecule has 0 amide bonds. The fourth-order valence-corrected chi connectivity index (χ4v) is 2.51. The van der Waals surface area contributed by atoms with E-state index in [-0.39, 0.29) is 0 Å². The summed E-state index contributed by atoms with van der Waals surface area (Å²) in [6, 6.07) is 0. The largest absolute Gasteiger partial charge is 0.129 e. The van der Waals surface area contributed by atoms with Crippen molar-refractivity contribution in [3.05, 3.63) is 30.5 Å². The molecule has 0 spiro atoms. The summed E-state index contributed by atoms with van der Waals surface area (Å²) in [5, 5.41) is 0. The SMILES string of the molecule is C=C=C/C=C/CCCCCCCCCCCCCCC. The Morgan fingerprint density at radius 2 is 1.15 bits per heavy atom. The predicted molar refractivity (Wildman–Crippen MR) is 93.2 cm³/mol. The number of unbranched alkanes of at least 4 members (excludes halogenated alkanes) is 13. The Hall–Kier alpha value is -0.740. The van der Waals surface area contributed by atoms with E-state index >= 15 is 0 Å². The van der Waals surface area contributed by atoms with Crippen LogP contribution in [-0.2, 0) is 0 Å². The zero-order chi connectivity index (χ0) is 14.7. The van der Waals surface area contributed by atoms with E-state index in [4.69, 9.17) is 0 Å². The van der Waals surface area contributed by atoms with Gasteiger partial charge in [-0.15, -0.1) is 5.73 Å². The molecule has 0 bridgehead atoms. The molecule has 0 fully saturated rings. The van der Waals surface area contributed by atoms with Crippen molar-refractivity contribution in [2.24, 2.45) is 0 Å². The lowest BCUT2D eigenvalue weighted by Crippen LogP contribution is -1.82. The molecule has 0 aliphatic rings. The predicted octanol–water partition coefficient (Wildman–Crippen LogP) is 7.37. The summed E-state index contributed by atoms with van der Waals surface area (Å²) in [5.74, 6) is 0. The first-order valence-corrected chi connectivity index (χ1v) is 8.92. The first-order chi connectivity index (χ1) is 9.91. The van der Waals surface area contributed by atoms with Crippen LogP contribution in [0, 0.1) is 0 Å². The van der Waals surface area contributed by atoms with E-state index in [1.54, 1.807) is 0 Å². The second-order valence-electron chi connectivity index (χ2n) is 5.83. The molecule has 0 heteroatoms. The van der Waals surface area contributed by atoms with Gasteiger partial charge < -0.3 is 0 Å². The van der Waals surface area contributed by atoms with Crippen LogP contribution in [0.15, 0.2) is 30.5 Å². The third kappa shape index (κ3) is 17.3. The third-order valence-corrected chi connectivity index (χ3v) is 3.82. The maximum Gasteiger partial charge on any atom is -0.0209 e. The number of allylic oxidation sites excluding steroid dienone is 3. The van der Waals surface area contributed by atoms with Gasteiger partial charge >= 0.3 is 0 Å². The van der Waals surface area contributed by atoms with Crippen molar-refractivity contribution in [1.29, 1.82) is 0 Å². The van der Waals surface area contributed by atoms with E-state index in [9.17, 15) is 0 Å². The maximum atomic E-state index is 3.54. The van der Waals surface area contributed by atoms with Crippen molar-refractivity contribution in [2.75, 3.05) is 0 Å². The lowest BCUT2D eigenvalue weighted by atomic mass is 10.0. The number of hydrogen-bond donors (Lipinski definition) is 0. The average molecular weight is 277 g/mol. The van der Waals surface area contributed by atoms with Crippen molar-refractivity contribution >= 4 is 0 Å². The summed E-state index contributed by atoms with van der Waals surface area (Å²) >= 11 is 0. The molecule has 0 unspecified atom stereocenters. The van der Waals surface area contributed by atoms with Crippen LogP contribution in [0.5, 0.6) is 0 Å². The Labute approximate surface area is 128 Å². The molecule has 116 valence electrons. The first-order valence-electron chi connectivity index (χ1n) is 8.92. The van der Waals surface area contributed by atoms with E-state index < -0.39 is 0 Å². The molecule has 0 N–H and O–H groups in total. The molecule has 0 aromatic carbocycles. The van der Waals surface area contributed by atoms with Crippen molar-refractivity contribution < 1.29 is 0 Å². The molecule has 0 radical (unpaired) electrons. The monoisotopic (exact) mass is 276 g/mol. The fourth-order valence-electron chi connectivity index (χ4n) is 2.51. The Balaban J connectivity index is 3.01. The van der Waals surface area contributed by atoms with Gasteiger partial charge in [0, 0.05) is 0 Å². The van der Waals surface area contributed by atoms with Crippen molar-refractivity contribution in [3.63, 3.8) is 0 Å². The van der Waals surface area contributed by atoms with Gasteiger partial charge in [-0.25, -0.2) is 0 Å². The van der Waals surface area contributed by atoms with Crippen molar-refractivity contribution in [1.82, 2.24) is 0 Å². The molecule has 0 saturated carbocycles. The summed E-state index contributed by atoms with van der Waals surface area (Å²) in [6.07, 6.45) is 25.9. The van der Waals surface area contributed by atoms with Gasteiger partial charge in [-0.2, -0.15) is 0 Å². The van der Waals surface area contributed by atoms with E-state index in [0.29, 0.717) is 0 Å². The fraction of sp³-hybridized carbons (Fsp3) is 0.750. The highest BCUT2D eigenvalue weighted by Gasteiger charge is 1.93. The molecular formula is C20H36. The average Bonchev–Trinajstić information content (AvgIpc) is 2.47. The molecule has 0 aromatic rings. The molecule has 0 aromatic heterocycles. The normalized spacial score (nSPS) is 10.8. The standard InChI is InChI=1S/C20H36/c1-3-5-7-9-11-13-15-17-19-20-18-16-14-12-10-8-6-4-2/h5,7,9H,1,4,6,8,10-20H2,2H3/b9-7+. The highest BCUT2D eigenvalue weighted by molar-refractivity contribution is 4.99. The minimum Gasteiger partial charge on any atom is -0.129 e. The second-order valence-corrected chi connectivity index (χ2v) is 5.83. The van der Waals surface area contributed by atoms with E-state index in [0.717, 1.165) is 0 Å². The third-order valence-electron chi connectivity index (χ3n) is 3.82. The molecule has 0 heterocycles. The lowest BCUT2D eigenvalue weighted by Gasteiger charge is -2.02. The molecule has 0 nitrogen and oxygen atoms in total. The van der Waals surface area contributed by atoms with Crippen LogP contribution in [0.25, 0.3) is 0 Å². The number of rotatable bonds is 15. The van der Waals surface area contributed by atoms with Gasteiger partial charge in [-0.3, -0.25) is 0 Å². The summed E-state index contributed by atoms with van der Waals surface area (Å²) in [6.45, 7) is 5.82. The molecule has 0 aliphatic heterocycles. The molecule has 0 rings (SSSR count). The van der Waals surface area contributed by atoms with Gasteiger partial charge in [0.2, 0.25) is 0 Å². The Morgan fingerprint density at radius 3 is 1.60 bits per heavy atom. The topological polar surface area (TPSA) is 0 Å². The van der Waals surface area contributed by atoms with Crippen molar-refractivity contribution in [3.8, 4) is 0 Å². The van der Waals surface area contributed by atoms with E-state index in [1.807, 2.05) is 12.2 Å². The van der Waals surface area contributed by atoms with Crippen LogP contribution in [0.3, 0.4) is 0 Å². The Kier molecular flexibility index (Phi) is 17.6. The van der Waals surface area contributed by atoms with Gasteiger partial charge in [0.1, 0.15) is 0 Å². The zero-order valence-electron chi connectivity index (χ0n) is 13.8. The summed E-state index contributed by atoms with van der Waals surface area (Å²) < 4.78 is 0. The van der Waals surface area contributed by atoms with Crippen LogP contribution in [0.2, 0.25) is 0 Å². The zero-order valence-corrected chi connectivity index (χ0v) is 13.8. The van der Waals surface area contributed by atoms with E-state index in [2.05, 4.69) is 25.3 Å². The molecular weight excluding hydrogens is 240 g/mol. The minimum absolute atomic E-state index is 1.20. The van der Waals surface area contributed by atoms with Gasteiger partial charge in [0.05, 0.1) is 0 Å². The Morgan fingerprint density at radius 1 is 0.700 bits per heavy atom. The highest BCUT2D eigenvalue weighted by Crippen LogP contribution is 2.12. The van der Waals surface area contributed by atoms with Crippen LogP contribution in [0.1, 0.15) is 96.8 Å². The molecule has 20 heavy (non-hydrogen) atoms. The minimum atomic E-state index is 1.20. The van der Waals surface area contributed by atoms with E-state index in [1.165, 1.54) is 89.9 Å². The summed E-state index contributed by atoms with van der Waals surface area (Å²) in [5.41, 5.74) is 2.76. The summed E-state index contributed by atoms with van der Waals surface area (Å²) in [4.78, 5) is 0. The molecule has 0 saturated heterocycles. The quantitative estimate of drug-likeness (QED) is 0.166. The number of hydrogen-bond acceptors (Lipinski definition) is 0. The van der Waals surface area contributed by atoms with Gasteiger partial charge in [-0.1, -0.05) is 103 Å². The lowest BCUT2D eigenvalue weighted by molar-refractivity contribution is 0.540. The highest BCUT2D eigenvalue weighted by atomic mass is 14.0. The second kappa shape index (κ2) is 18.3. The van der Waals surface area contributed by atoms with Gasteiger partial charge in [0.25, 0.3) is 0 Å². The van der Waals surface area contributed by atoms with Crippen LogP contribution in [-0.4, -0.2) is 0 Å². The Bertz CT molecular complexity index is 243. The molecule has 0 atom stereocenters. The van der Waals surface area contributed by atoms with Gasteiger partial charge in [0.15, 0.2) is 0 Å². The maximum absolute atomic E-state index is 3.54. The van der Waals surface area contributed by atoms with Crippen LogP contribution >= 0.6 is 0 Å². The van der Waals surface area contributed by atoms with Gasteiger partial charge in [-0.05, 0) is 18.9 Å². The van der Waals surface area contributed by atoms with Crippen LogP contribution < -0.4 is 0 Å². The first kappa shape index (κ1) is 19.3. The van der Waals surface area contributed by atoms with Crippen molar-refractivity contribution in [2.45, 2.75) is 96.8 Å². The molecule has 0 aliphatic carbocycles. The van der Waals surface area contributed by atoms with Crippen LogP contribution in [0.4, 0.5) is 0 Å². The smallest absolute Gasteiger partial charge is 0.0209 e. The summed E-state index contributed by atoms with van der Waals surface area (Å²) in [7, 11) is 0.